The van der Waals surface area contributed by atoms with Crippen LogP contribution in [0, 0.1) is 13.8 Å². The maximum atomic E-state index is 4.72. The second kappa shape index (κ2) is 3.69. The number of hydrogen-bond donors (Lipinski definition) is 0. The van der Waals surface area contributed by atoms with E-state index in [9.17, 15) is 0 Å². The average Bonchev–Trinajstić information content (AvgIpc) is 2.92. The van der Waals surface area contributed by atoms with Crippen LogP contribution in [0.15, 0.2) is 29.4 Å². The number of rotatable bonds is 2. The third kappa shape index (κ3) is 1.69. The molecule has 0 fully saturated rings. The molecular formula is C12H12N4O. The van der Waals surface area contributed by atoms with Gasteiger partial charge in [0.25, 0.3) is 0 Å². The Morgan fingerprint density at radius 2 is 2.00 bits per heavy atom. The average molecular weight is 228 g/mol. The summed E-state index contributed by atoms with van der Waals surface area (Å²) in [6, 6.07) is 4.23. The van der Waals surface area contributed by atoms with Crippen LogP contribution >= 0.6 is 0 Å². The lowest BCUT2D eigenvalue weighted by Crippen LogP contribution is -2.00. The van der Waals surface area contributed by atoms with E-state index in [0.717, 1.165) is 11.0 Å². The zero-order valence-electron chi connectivity index (χ0n) is 9.71. The highest BCUT2D eigenvalue weighted by molar-refractivity contribution is 5.77. The molecule has 0 unspecified atom stereocenters. The summed E-state index contributed by atoms with van der Waals surface area (Å²) in [6.45, 7) is 4.77. The van der Waals surface area contributed by atoms with Crippen LogP contribution in [0.3, 0.4) is 0 Å². The van der Waals surface area contributed by atoms with Crippen LogP contribution in [0.2, 0.25) is 0 Å². The molecule has 5 heteroatoms. The Morgan fingerprint density at radius 3 is 2.76 bits per heavy atom. The van der Waals surface area contributed by atoms with Crippen LogP contribution in [0.1, 0.15) is 17.0 Å². The van der Waals surface area contributed by atoms with E-state index < -0.39 is 0 Å². The zero-order valence-corrected chi connectivity index (χ0v) is 9.71. The highest BCUT2D eigenvalue weighted by Crippen LogP contribution is 2.18. The first-order valence-electron chi connectivity index (χ1n) is 5.41. The van der Waals surface area contributed by atoms with Crippen molar-refractivity contribution in [1.29, 1.82) is 0 Å². The maximum Gasteiger partial charge on any atom is 0.213 e. The highest BCUT2D eigenvalue weighted by Gasteiger charge is 2.07. The minimum atomic E-state index is 0.579. The van der Waals surface area contributed by atoms with Gasteiger partial charge in [0.05, 0.1) is 23.9 Å². The predicted molar refractivity (Wildman–Crippen MR) is 62.6 cm³/mol. The molecule has 0 aliphatic rings. The molecule has 0 atom stereocenters. The summed E-state index contributed by atoms with van der Waals surface area (Å²) in [5.41, 5.74) is 4.60. The number of hydrogen-bond acceptors (Lipinski definition) is 4. The number of benzene rings is 1. The molecule has 86 valence electrons. The molecule has 0 radical (unpaired) electrons. The van der Waals surface area contributed by atoms with E-state index >= 15 is 0 Å². The molecule has 2 heterocycles. The molecule has 3 rings (SSSR count). The molecule has 17 heavy (non-hydrogen) atoms. The fourth-order valence-corrected chi connectivity index (χ4v) is 1.85. The molecule has 2 aromatic heterocycles. The number of nitrogens with zero attached hydrogens (tertiary/aromatic N) is 4. The molecule has 1 aromatic carbocycles. The Balaban J connectivity index is 2.08. The van der Waals surface area contributed by atoms with Crippen molar-refractivity contribution in [1.82, 2.24) is 19.7 Å². The minimum Gasteiger partial charge on any atom is -0.343 e. The molecule has 0 saturated heterocycles. The second-order valence-corrected chi connectivity index (χ2v) is 4.15. The van der Waals surface area contributed by atoms with Gasteiger partial charge in [0.15, 0.2) is 5.82 Å². The normalized spacial score (nSPS) is 11.2. The predicted octanol–water partition coefficient (Wildman–Crippen LogP) is 2.08. The van der Waals surface area contributed by atoms with E-state index in [0.29, 0.717) is 12.4 Å². The number of imidazole rings is 1. The molecule has 0 N–H and O–H groups in total. The Bertz CT molecular complexity index is 655. The van der Waals surface area contributed by atoms with Crippen LogP contribution in [0.5, 0.6) is 0 Å². The summed E-state index contributed by atoms with van der Waals surface area (Å²) in [6.07, 6.45) is 3.14. The number of fused-ring (bicyclic) bond motifs is 1. The second-order valence-electron chi connectivity index (χ2n) is 4.15. The van der Waals surface area contributed by atoms with E-state index in [1.54, 1.807) is 6.33 Å². The van der Waals surface area contributed by atoms with Crippen LogP contribution in [-0.2, 0) is 6.54 Å². The molecular weight excluding hydrogens is 216 g/mol. The van der Waals surface area contributed by atoms with Gasteiger partial charge in [0.1, 0.15) is 0 Å². The van der Waals surface area contributed by atoms with Gasteiger partial charge in [-0.2, -0.15) is 4.98 Å². The number of aryl methyl sites for hydroxylation is 2. The lowest BCUT2D eigenvalue weighted by Gasteiger charge is -2.03. The van der Waals surface area contributed by atoms with Crippen molar-refractivity contribution in [3.8, 4) is 0 Å². The Morgan fingerprint density at radius 1 is 1.18 bits per heavy atom. The van der Waals surface area contributed by atoms with Crippen LogP contribution < -0.4 is 0 Å². The van der Waals surface area contributed by atoms with Gasteiger partial charge < -0.3 is 9.09 Å². The SMILES string of the molecule is Cc1cc2ncn(Cc3ncon3)c2cc1C. The van der Waals surface area contributed by atoms with Gasteiger partial charge in [-0.3, -0.25) is 0 Å². The van der Waals surface area contributed by atoms with Gasteiger partial charge in [-0.25, -0.2) is 4.98 Å². The van der Waals surface area contributed by atoms with Gasteiger partial charge in [0, 0.05) is 0 Å². The van der Waals surface area contributed by atoms with Crippen LogP contribution in [0.4, 0.5) is 0 Å². The van der Waals surface area contributed by atoms with Crippen LogP contribution in [0.25, 0.3) is 11.0 Å². The Hall–Kier alpha value is -2.17. The smallest absolute Gasteiger partial charge is 0.213 e. The number of aromatic nitrogens is 4. The largest absolute Gasteiger partial charge is 0.343 e. The van der Waals surface area contributed by atoms with Gasteiger partial charge in [-0.05, 0) is 37.1 Å². The first-order chi connectivity index (χ1) is 8.24. The standard InChI is InChI=1S/C12H12N4O/c1-8-3-10-11(4-9(8)2)16(6-13-10)5-12-14-7-17-15-12/h3-4,6-7H,5H2,1-2H3. The fourth-order valence-electron chi connectivity index (χ4n) is 1.85. The van der Waals surface area contributed by atoms with Crippen molar-refractivity contribution in [3.63, 3.8) is 0 Å². The van der Waals surface area contributed by atoms with Crippen molar-refractivity contribution in [2.45, 2.75) is 20.4 Å². The van der Waals surface area contributed by atoms with Crippen LogP contribution in [-0.4, -0.2) is 19.7 Å². The monoisotopic (exact) mass is 228 g/mol. The Labute approximate surface area is 98.1 Å². The first-order valence-corrected chi connectivity index (χ1v) is 5.41. The lowest BCUT2D eigenvalue weighted by atomic mass is 10.1. The van der Waals surface area contributed by atoms with Crippen molar-refractivity contribution in [3.05, 3.63) is 41.8 Å². The van der Waals surface area contributed by atoms with E-state index in [-0.39, 0.29) is 0 Å². The summed E-state index contributed by atoms with van der Waals surface area (Å²) < 4.78 is 6.74. The summed E-state index contributed by atoms with van der Waals surface area (Å²) in [5, 5.41) is 3.80. The van der Waals surface area contributed by atoms with Gasteiger partial charge in [-0.15, -0.1) is 0 Å². The van der Waals surface area contributed by atoms with Crippen molar-refractivity contribution in [2.24, 2.45) is 0 Å². The topological polar surface area (TPSA) is 56.7 Å². The van der Waals surface area contributed by atoms with Gasteiger partial charge in [0.2, 0.25) is 6.39 Å². The van der Waals surface area contributed by atoms with E-state index in [1.807, 2.05) is 4.57 Å². The van der Waals surface area contributed by atoms with E-state index in [4.69, 9.17) is 4.52 Å². The molecule has 0 aliphatic heterocycles. The van der Waals surface area contributed by atoms with Crippen molar-refractivity contribution < 1.29 is 4.52 Å². The van der Waals surface area contributed by atoms with E-state index in [2.05, 4.69) is 41.1 Å². The molecule has 0 amide bonds. The summed E-state index contributed by atoms with van der Waals surface area (Å²) in [5.74, 6) is 0.655. The van der Waals surface area contributed by atoms with Gasteiger partial charge >= 0.3 is 0 Å². The van der Waals surface area contributed by atoms with Crippen molar-refractivity contribution in [2.75, 3.05) is 0 Å². The quantitative estimate of drug-likeness (QED) is 0.673. The molecule has 3 aromatic rings. The third-order valence-corrected chi connectivity index (χ3v) is 2.96. The lowest BCUT2D eigenvalue weighted by molar-refractivity contribution is 0.408. The fraction of sp³-hybridized carbons (Fsp3) is 0.250. The molecule has 0 saturated carbocycles. The third-order valence-electron chi connectivity index (χ3n) is 2.96. The maximum absolute atomic E-state index is 4.72. The molecule has 0 aliphatic carbocycles. The highest BCUT2D eigenvalue weighted by atomic mass is 16.5. The van der Waals surface area contributed by atoms with E-state index in [1.165, 1.54) is 17.5 Å². The first kappa shape index (κ1) is 10.0. The summed E-state index contributed by atoms with van der Waals surface area (Å²) >= 11 is 0. The molecule has 5 nitrogen and oxygen atoms in total. The minimum absolute atomic E-state index is 0.579. The molecule has 0 bridgehead atoms. The Kier molecular flexibility index (Phi) is 2.18. The summed E-state index contributed by atoms with van der Waals surface area (Å²) in [7, 11) is 0. The molecule has 0 spiro atoms. The zero-order chi connectivity index (χ0) is 11.8. The summed E-state index contributed by atoms with van der Waals surface area (Å²) in [4.78, 5) is 8.39. The van der Waals surface area contributed by atoms with Crippen molar-refractivity contribution >= 4 is 11.0 Å². The van der Waals surface area contributed by atoms with Gasteiger partial charge in [-0.1, -0.05) is 5.16 Å².